The third-order valence-corrected chi connectivity index (χ3v) is 5.23. The van der Waals surface area contributed by atoms with E-state index in [1.807, 2.05) is 6.92 Å². The molecule has 150 valence electrons. The Morgan fingerprint density at radius 1 is 1.21 bits per heavy atom. The first-order valence-corrected chi connectivity index (χ1v) is 9.64. The fourth-order valence-corrected chi connectivity index (χ4v) is 3.77. The molecule has 8 heteroatoms. The number of ether oxygens (including phenoxy) is 2. The van der Waals surface area contributed by atoms with Crippen molar-refractivity contribution < 1.29 is 24.2 Å². The fourth-order valence-electron chi connectivity index (χ4n) is 2.71. The SMILES string of the molecule is CCN1C(=O)/C(=C\c2ccc(O)c(OC)c2)SC1=Nc1ccc(C(=O)OC)cc1. The number of rotatable bonds is 5. The van der Waals surface area contributed by atoms with E-state index in [0.29, 0.717) is 33.6 Å². The van der Waals surface area contributed by atoms with Gasteiger partial charge in [-0.25, -0.2) is 9.79 Å². The van der Waals surface area contributed by atoms with Crippen molar-refractivity contribution in [3.05, 3.63) is 58.5 Å². The minimum absolute atomic E-state index is 0.0351. The van der Waals surface area contributed by atoms with Crippen molar-refractivity contribution >= 4 is 40.6 Å². The van der Waals surface area contributed by atoms with Gasteiger partial charge in [-0.05, 0) is 66.7 Å². The number of amides is 1. The zero-order chi connectivity index (χ0) is 21.0. The second kappa shape index (κ2) is 8.83. The average molecular weight is 412 g/mol. The molecule has 0 aromatic heterocycles. The van der Waals surface area contributed by atoms with Crippen LogP contribution in [0.5, 0.6) is 11.5 Å². The maximum absolute atomic E-state index is 12.8. The van der Waals surface area contributed by atoms with Gasteiger partial charge in [-0.2, -0.15) is 0 Å². The number of thioether (sulfide) groups is 1. The molecule has 1 heterocycles. The Morgan fingerprint density at radius 3 is 2.55 bits per heavy atom. The quantitative estimate of drug-likeness (QED) is 0.593. The van der Waals surface area contributed by atoms with Crippen LogP contribution in [0, 0.1) is 0 Å². The normalized spacial score (nSPS) is 16.5. The first-order chi connectivity index (χ1) is 14.0. The molecular weight excluding hydrogens is 392 g/mol. The molecule has 1 aliphatic rings. The molecular formula is C21H20N2O5S. The molecule has 1 saturated heterocycles. The van der Waals surface area contributed by atoms with E-state index < -0.39 is 5.97 Å². The number of esters is 1. The van der Waals surface area contributed by atoms with Crippen LogP contribution in [0.25, 0.3) is 6.08 Å². The van der Waals surface area contributed by atoms with Gasteiger partial charge in [0.2, 0.25) is 0 Å². The van der Waals surface area contributed by atoms with Crippen molar-refractivity contribution in [1.29, 1.82) is 0 Å². The number of aliphatic imine (C=N–C) groups is 1. The summed E-state index contributed by atoms with van der Waals surface area (Å²) in [5.74, 6) is -0.191. The van der Waals surface area contributed by atoms with Crippen molar-refractivity contribution in [3.8, 4) is 11.5 Å². The van der Waals surface area contributed by atoms with Crippen molar-refractivity contribution in [3.63, 3.8) is 0 Å². The highest BCUT2D eigenvalue weighted by molar-refractivity contribution is 8.18. The largest absolute Gasteiger partial charge is 0.504 e. The third-order valence-electron chi connectivity index (χ3n) is 4.22. The predicted octanol–water partition coefficient (Wildman–Crippen LogP) is 3.81. The van der Waals surface area contributed by atoms with E-state index in [1.165, 1.54) is 32.0 Å². The van der Waals surface area contributed by atoms with Gasteiger partial charge < -0.3 is 14.6 Å². The second-order valence-electron chi connectivity index (χ2n) is 6.02. The van der Waals surface area contributed by atoms with E-state index in [9.17, 15) is 14.7 Å². The number of nitrogens with zero attached hydrogens (tertiary/aromatic N) is 2. The van der Waals surface area contributed by atoms with Crippen molar-refractivity contribution in [2.75, 3.05) is 20.8 Å². The zero-order valence-corrected chi connectivity index (χ0v) is 17.0. The number of benzene rings is 2. The van der Waals surface area contributed by atoms with Crippen LogP contribution < -0.4 is 4.74 Å². The molecule has 1 fully saturated rings. The Balaban J connectivity index is 1.88. The van der Waals surface area contributed by atoms with Gasteiger partial charge in [0, 0.05) is 6.54 Å². The summed E-state index contributed by atoms with van der Waals surface area (Å²) in [5, 5.41) is 10.3. The molecule has 0 radical (unpaired) electrons. The lowest BCUT2D eigenvalue weighted by molar-refractivity contribution is -0.122. The number of carbonyl (C=O) groups excluding carboxylic acids is 2. The molecule has 1 amide bonds. The monoisotopic (exact) mass is 412 g/mol. The van der Waals surface area contributed by atoms with Crippen LogP contribution in [0.4, 0.5) is 5.69 Å². The lowest BCUT2D eigenvalue weighted by Crippen LogP contribution is -2.28. The highest BCUT2D eigenvalue weighted by Crippen LogP contribution is 2.35. The molecule has 0 bridgehead atoms. The smallest absolute Gasteiger partial charge is 0.337 e. The molecule has 0 spiro atoms. The summed E-state index contributed by atoms with van der Waals surface area (Å²) in [6, 6.07) is 11.5. The number of methoxy groups -OCH3 is 2. The third kappa shape index (κ3) is 4.43. The van der Waals surface area contributed by atoms with Gasteiger partial charge in [0.1, 0.15) is 0 Å². The average Bonchev–Trinajstić information content (AvgIpc) is 3.03. The van der Waals surface area contributed by atoms with Crippen LogP contribution in [-0.2, 0) is 9.53 Å². The molecule has 2 aromatic carbocycles. The first kappa shape index (κ1) is 20.5. The molecule has 1 aliphatic heterocycles. The van der Waals surface area contributed by atoms with Gasteiger partial charge in [0.05, 0.1) is 30.4 Å². The molecule has 29 heavy (non-hydrogen) atoms. The van der Waals surface area contributed by atoms with Crippen molar-refractivity contribution in [2.24, 2.45) is 4.99 Å². The summed E-state index contributed by atoms with van der Waals surface area (Å²) in [4.78, 5) is 31.0. The number of hydrogen-bond acceptors (Lipinski definition) is 7. The van der Waals surface area contributed by atoms with Gasteiger partial charge in [-0.3, -0.25) is 9.69 Å². The van der Waals surface area contributed by atoms with Gasteiger partial charge in [-0.1, -0.05) is 6.07 Å². The number of phenols is 1. The molecule has 0 aliphatic carbocycles. The van der Waals surface area contributed by atoms with Gasteiger partial charge >= 0.3 is 5.97 Å². The van der Waals surface area contributed by atoms with Crippen LogP contribution in [0.1, 0.15) is 22.8 Å². The number of amidine groups is 1. The van der Waals surface area contributed by atoms with E-state index in [1.54, 1.807) is 47.4 Å². The summed E-state index contributed by atoms with van der Waals surface area (Å²) < 4.78 is 9.80. The maximum Gasteiger partial charge on any atom is 0.337 e. The molecule has 0 atom stereocenters. The number of aromatic hydroxyl groups is 1. The Hall–Kier alpha value is -3.26. The fraction of sp³-hybridized carbons (Fsp3) is 0.190. The molecule has 0 unspecified atom stereocenters. The van der Waals surface area contributed by atoms with Crippen LogP contribution in [0.2, 0.25) is 0 Å². The van der Waals surface area contributed by atoms with Crippen LogP contribution in [-0.4, -0.2) is 47.8 Å². The van der Waals surface area contributed by atoms with E-state index in [4.69, 9.17) is 4.74 Å². The number of hydrogen-bond donors (Lipinski definition) is 1. The van der Waals surface area contributed by atoms with E-state index in [2.05, 4.69) is 9.73 Å². The first-order valence-electron chi connectivity index (χ1n) is 8.82. The molecule has 0 saturated carbocycles. The highest BCUT2D eigenvalue weighted by atomic mass is 32.2. The molecule has 2 aromatic rings. The van der Waals surface area contributed by atoms with Crippen LogP contribution in [0.15, 0.2) is 52.4 Å². The zero-order valence-electron chi connectivity index (χ0n) is 16.2. The molecule has 7 nitrogen and oxygen atoms in total. The van der Waals surface area contributed by atoms with Crippen molar-refractivity contribution in [1.82, 2.24) is 4.90 Å². The standard InChI is InChI=1S/C21H20N2O5S/c1-4-23-19(25)18(12-13-5-10-16(24)17(11-13)27-2)29-21(23)22-15-8-6-14(7-9-15)20(26)28-3/h5-12,24H,4H2,1-3H3/b18-12+,22-21?. The Morgan fingerprint density at radius 2 is 1.93 bits per heavy atom. The number of phenolic OH excluding ortho intramolecular Hbond substituents is 1. The number of likely N-dealkylation sites (N-methyl/N-ethyl adjacent to an activating group) is 1. The summed E-state index contributed by atoms with van der Waals surface area (Å²) in [7, 11) is 2.80. The summed E-state index contributed by atoms with van der Waals surface area (Å²) in [6.45, 7) is 2.35. The van der Waals surface area contributed by atoms with E-state index >= 15 is 0 Å². The van der Waals surface area contributed by atoms with Gasteiger partial charge in [0.25, 0.3) is 5.91 Å². The van der Waals surface area contributed by atoms with E-state index in [-0.39, 0.29) is 11.7 Å². The summed E-state index contributed by atoms with van der Waals surface area (Å²) >= 11 is 1.27. The maximum atomic E-state index is 12.8. The van der Waals surface area contributed by atoms with Crippen molar-refractivity contribution in [2.45, 2.75) is 6.92 Å². The minimum atomic E-state index is -0.417. The molecule has 1 N–H and O–H groups in total. The minimum Gasteiger partial charge on any atom is -0.504 e. The summed E-state index contributed by atoms with van der Waals surface area (Å²) in [5.41, 5.74) is 1.79. The Bertz CT molecular complexity index is 999. The Labute approximate surface area is 172 Å². The lowest BCUT2D eigenvalue weighted by Gasteiger charge is -2.12. The second-order valence-corrected chi connectivity index (χ2v) is 7.03. The van der Waals surface area contributed by atoms with Gasteiger partial charge in [-0.15, -0.1) is 0 Å². The van der Waals surface area contributed by atoms with E-state index in [0.717, 1.165) is 5.56 Å². The Kier molecular flexibility index (Phi) is 6.23. The van der Waals surface area contributed by atoms with Crippen LogP contribution >= 0.6 is 11.8 Å². The van der Waals surface area contributed by atoms with Crippen LogP contribution in [0.3, 0.4) is 0 Å². The number of carbonyl (C=O) groups is 2. The predicted molar refractivity (Wildman–Crippen MR) is 112 cm³/mol. The summed E-state index contributed by atoms with van der Waals surface area (Å²) in [6.07, 6.45) is 1.74. The lowest BCUT2D eigenvalue weighted by atomic mass is 10.2. The van der Waals surface area contributed by atoms with Gasteiger partial charge in [0.15, 0.2) is 16.7 Å². The molecule has 3 rings (SSSR count). The topological polar surface area (TPSA) is 88.4 Å². The highest BCUT2D eigenvalue weighted by Gasteiger charge is 2.32.